The van der Waals surface area contributed by atoms with E-state index < -0.39 is 11.5 Å². The predicted molar refractivity (Wildman–Crippen MR) is 79.6 cm³/mol. The van der Waals surface area contributed by atoms with Crippen molar-refractivity contribution in [2.75, 3.05) is 47.3 Å². The van der Waals surface area contributed by atoms with E-state index in [1.54, 1.807) is 0 Å². The Morgan fingerprint density at radius 1 is 1.16 bits per heavy atom. The highest BCUT2D eigenvalue weighted by molar-refractivity contribution is 5.78. The van der Waals surface area contributed by atoms with Crippen LogP contribution < -0.4 is 5.32 Å². The Balaban J connectivity index is 4.15. The molecule has 114 valence electrons. The maximum absolute atomic E-state index is 11.5. The van der Waals surface area contributed by atoms with Gasteiger partial charge in [-0.25, -0.2) is 0 Å². The molecule has 0 aliphatic rings. The van der Waals surface area contributed by atoms with Gasteiger partial charge in [-0.15, -0.1) is 0 Å². The fourth-order valence-corrected chi connectivity index (χ4v) is 2.20. The molecule has 0 aromatic rings. The third kappa shape index (κ3) is 6.89. The number of hydrogen-bond acceptors (Lipinski definition) is 4. The molecule has 0 heterocycles. The van der Waals surface area contributed by atoms with Gasteiger partial charge >= 0.3 is 5.97 Å². The molecule has 0 aromatic heterocycles. The van der Waals surface area contributed by atoms with Crippen LogP contribution in [0.3, 0.4) is 0 Å². The van der Waals surface area contributed by atoms with Crippen molar-refractivity contribution in [3.8, 4) is 0 Å². The van der Waals surface area contributed by atoms with E-state index in [1.165, 1.54) is 0 Å². The van der Waals surface area contributed by atoms with Gasteiger partial charge in [-0.05, 0) is 53.5 Å². The van der Waals surface area contributed by atoms with Crippen molar-refractivity contribution in [2.24, 2.45) is 0 Å². The molecular formula is C14H31N3O2. The lowest BCUT2D eigenvalue weighted by Crippen LogP contribution is -2.51. The number of likely N-dealkylation sites (N-methyl/N-ethyl adjacent to an activating group) is 3. The number of aliphatic carboxylic acids is 1. The Labute approximate surface area is 118 Å². The average Bonchev–Trinajstić information content (AvgIpc) is 2.34. The van der Waals surface area contributed by atoms with E-state index >= 15 is 0 Å². The molecule has 0 fully saturated rings. The maximum atomic E-state index is 11.5. The summed E-state index contributed by atoms with van der Waals surface area (Å²) < 4.78 is 0. The Morgan fingerprint density at radius 2 is 1.79 bits per heavy atom. The molecule has 0 aromatic carbocycles. The first-order valence-corrected chi connectivity index (χ1v) is 7.19. The second-order valence-electron chi connectivity index (χ2n) is 5.48. The van der Waals surface area contributed by atoms with Gasteiger partial charge in [-0.3, -0.25) is 4.79 Å². The maximum Gasteiger partial charge on any atom is 0.323 e. The highest BCUT2D eigenvalue weighted by Gasteiger charge is 2.34. The first-order valence-electron chi connectivity index (χ1n) is 7.19. The molecule has 1 atom stereocenters. The van der Waals surface area contributed by atoms with Crippen molar-refractivity contribution in [3.05, 3.63) is 0 Å². The molecule has 0 aliphatic heterocycles. The zero-order valence-corrected chi connectivity index (χ0v) is 13.2. The van der Waals surface area contributed by atoms with Crippen molar-refractivity contribution in [1.29, 1.82) is 0 Å². The van der Waals surface area contributed by atoms with E-state index in [1.807, 2.05) is 13.8 Å². The third-order valence-corrected chi connectivity index (χ3v) is 3.60. The molecule has 0 rings (SSSR count). The molecule has 0 bridgehead atoms. The summed E-state index contributed by atoms with van der Waals surface area (Å²) in [6, 6.07) is 0. The molecule has 0 radical (unpaired) electrons. The van der Waals surface area contributed by atoms with Crippen LogP contribution >= 0.6 is 0 Å². The number of nitrogens with one attached hydrogen (secondary N) is 1. The van der Waals surface area contributed by atoms with Crippen LogP contribution in [0.4, 0.5) is 0 Å². The van der Waals surface area contributed by atoms with Crippen LogP contribution in [0.1, 0.15) is 33.1 Å². The quantitative estimate of drug-likeness (QED) is 0.590. The Morgan fingerprint density at radius 3 is 2.21 bits per heavy atom. The summed E-state index contributed by atoms with van der Waals surface area (Å²) in [7, 11) is 6.21. The summed E-state index contributed by atoms with van der Waals surface area (Å²) in [4.78, 5) is 15.9. The summed E-state index contributed by atoms with van der Waals surface area (Å²) in [5, 5.41) is 12.6. The van der Waals surface area contributed by atoms with Crippen LogP contribution in [0.5, 0.6) is 0 Å². The van der Waals surface area contributed by atoms with Crippen molar-refractivity contribution in [3.63, 3.8) is 0 Å². The molecule has 0 amide bonds. The molecule has 0 aliphatic carbocycles. The topological polar surface area (TPSA) is 55.8 Å². The number of carboxylic acids is 1. The third-order valence-electron chi connectivity index (χ3n) is 3.60. The van der Waals surface area contributed by atoms with Crippen LogP contribution in [0.25, 0.3) is 0 Å². The van der Waals surface area contributed by atoms with Gasteiger partial charge in [-0.1, -0.05) is 13.8 Å². The van der Waals surface area contributed by atoms with Crippen LogP contribution in [-0.2, 0) is 4.79 Å². The van der Waals surface area contributed by atoms with Crippen LogP contribution in [-0.4, -0.2) is 73.7 Å². The largest absolute Gasteiger partial charge is 0.480 e. The molecule has 19 heavy (non-hydrogen) atoms. The molecule has 0 spiro atoms. The zero-order chi connectivity index (χ0) is 14.9. The Hall–Kier alpha value is -0.650. The average molecular weight is 273 g/mol. The monoisotopic (exact) mass is 273 g/mol. The molecular weight excluding hydrogens is 242 g/mol. The highest BCUT2D eigenvalue weighted by Crippen LogP contribution is 2.18. The lowest BCUT2D eigenvalue weighted by molar-refractivity contribution is -0.145. The SMILES string of the molecule is CCNC(CC)(CCCN(C)CCN(C)C)C(=O)O. The minimum atomic E-state index is -0.753. The summed E-state index contributed by atoms with van der Waals surface area (Å²) in [5.41, 5.74) is -0.753. The normalized spacial score (nSPS) is 14.9. The smallest absolute Gasteiger partial charge is 0.323 e. The Kier molecular flexibility index (Phi) is 8.97. The minimum absolute atomic E-state index is 0.623. The second-order valence-corrected chi connectivity index (χ2v) is 5.48. The number of carboxylic acid groups (broad SMARTS) is 1. The highest BCUT2D eigenvalue weighted by atomic mass is 16.4. The molecule has 2 N–H and O–H groups in total. The van der Waals surface area contributed by atoms with E-state index in [9.17, 15) is 9.90 Å². The summed E-state index contributed by atoms with van der Waals surface area (Å²) in [6.07, 6.45) is 2.20. The van der Waals surface area contributed by atoms with Crippen molar-refractivity contribution < 1.29 is 9.90 Å². The first-order chi connectivity index (χ1) is 8.88. The molecule has 0 saturated heterocycles. The molecule has 5 heteroatoms. The van der Waals surface area contributed by atoms with Crippen LogP contribution in [0.15, 0.2) is 0 Å². The summed E-state index contributed by atoms with van der Waals surface area (Å²) in [5.74, 6) is -0.729. The summed E-state index contributed by atoms with van der Waals surface area (Å²) >= 11 is 0. The van der Waals surface area contributed by atoms with Gasteiger partial charge in [0.15, 0.2) is 0 Å². The van der Waals surface area contributed by atoms with E-state index in [0.29, 0.717) is 19.4 Å². The number of hydrogen-bond donors (Lipinski definition) is 2. The summed E-state index contributed by atoms with van der Waals surface area (Å²) in [6.45, 7) is 7.57. The number of rotatable bonds is 11. The predicted octanol–water partition coefficient (Wildman–Crippen LogP) is 1.10. The number of nitrogens with zero attached hydrogens (tertiary/aromatic N) is 2. The molecule has 5 nitrogen and oxygen atoms in total. The van der Waals surface area contributed by atoms with Gasteiger partial charge in [0.1, 0.15) is 5.54 Å². The van der Waals surface area contributed by atoms with Gasteiger partial charge in [0.05, 0.1) is 0 Å². The van der Waals surface area contributed by atoms with E-state index in [4.69, 9.17) is 0 Å². The zero-order valence-electron chi connectivity index (χ0n) is 13.2. The second kappa shape index (κ2) is 9.28. The lowest BCUT2D eigenvalue weighted by Gasteiger charge is -2.30. The van der Waals surface area contributed by atoms with Gasteiger partial charge in [0.25, 0.3) is 0 Å². The van der Waals surface area contributed by atoms with Gasteiger partial charge in [0.2, 0.25) is 0 Å². The van der Waals surface area contributed by atoms with Gasteiger partial charge in [-0.2, -0.15) is 0 Å². The van der Waals surface area contributed by atoms with Crippen LogP contribution in [0.2, 0.25) is 0 Å². The van der Waals surface area contributed by atoms with Crippen molar-refractivity contribution in [1.82, 2.24) is 15.1 Å². The van der Waals surface area contributed by atoms with E-state index in [0.717, 1.165) is 26.1 Å². The first kappa shape index (κ1) is 18.4. The van der Waals surface area contributed by atoms with E-state index in [-0.39, 0.29) is 0 Å². The van der Waals surface area contributed by atoms with Crippen molar-refractivity contribution >= 4 is 5.97 Å². The van der Waals surface area contributed by atoms with E-state index in [2.05, 4.69) is 36.3 Å². The van der Waals surface area contributed by atoms with Crippen LogP contribution in [0, 0.1) is 0 Å². The van der Waals surface area contributed by atoms with Crippen molar-refractivity contribution in [2.45, 2.75) is 38.6 Å². The Bertz CT molecular complexity index is 259. The minimum Gasteiger partial charge on any atom is -0.480 e. The molecule has 0 saturated carbocycles. The molecule has 1 unspecified atom stereocenters. The number of carbonyl (C=O) groups is 1. The van der Waals surface area contributed by atoms with Gasteiger partial charge in [0, 0.05) is 13.1 Å². The lowest BCUT2D eigenvalue weighted by atomic mass is 9.90. The fraction of sp³-hybridized carbons (Fsp3) is 0.929. The fourth-order valence-electron chi connectivity index (χ4n) is 2.20. The van der Waals surface area contributed by atoms with Gasteiger partial charge < -0.3 is 20.2 Å². The standard InChI is InChI=1S/C14H31N3O2/c1-6-14(13(18)19,15-7-2)9-8-10-17(5)12-11-16(3)4/h15H,6-12H2,1-5H3,(H,18,19).